The van der Waals surface area contributed by atoms with Gasteiger partial charge in [0.05, 0.1) is 5.92 Å². The molecule has 1 heterocycles. The van der Waals surface area contributed by atoms with E-state index in [4.69, 9.17) is 5.73 Å². The van der Waals surface area contributed by atoms with Crippen LogP contribution in [-0.2, 0) is 4.79 Å². The lowest BCUT2D eigenvalue weighted by Gasteiger charge is -2.35. The first-order valence-corrected chi connectivity index (χ1v) is 7.33. The van der Waals surface area contributed by atoms with Crippen molar-refractivity contribution in [2.75, 3.05) is 19.3 Å². The lowest BCUT2D eigenvalue weighted by molar-refractivity contribution is -0.123. The van der Waals surface area contributed by atoms with Crippen LogP contribution in [0.4, 0.5) is 5.69 Å². The average molecular weight is 275 g/mol. The molecule has 4 nitrogen and oxygen atoms in total. The highest BCUT2D eigenvalue weighted by Crippen LogP contribution is 2.20. The number of nitrogens with two attached hydrogens (primary N) is 1. The van der Waals surface area contributed by atoms with E-state index < -0.39 is 0 Å². The van der Waals surface area contributed by atoms with E-state index in [1.54, 1.807) is 0 Å². The Kier molecular flexibility index (Phi) is 4.65. The lowest BCUT2D eigenvalue weighted by atomic mass is 9.96. The minimum Gasteiger partial charge on any atom is -0.399 e. The van der Waals surface area contributed by atoms with Gasteiger partial charge >= 0.3 is 0 Å². The fraction of sp³-hybridized carbons (Fsp3) is 0.562. The van der Waals surface area contributed by atoms with E-state index in [0.29, 0.717) is 11.7 Å². The topological polar surface area (TPSA) is 58.4 Å². The zero-order chi connectivity index (χ0) is 14.7. The summed E-state index contributed by atoms with van der Waals surface area (Å²) in [5.74, 6) is -0.0641. The van der Waals surface area contributed by atoms with Crippen molar-refractivity contribution in [3.63, 3.8) is 0 Å². The Labute approximate surface area is 121 Å². The molecule has 0 aromatic heterocycles. The number of hydrogen-bond donors (Lipinski definition) is 2. The second-order valence-corrected chi connectivity index (χ2v) is 5.95. The van der Waals surface area contributed by atoms with E-state index >= 15 is 0 Å². The number of carbonyl (C=O) groups excluding carboxylic acids is 1. The Morgan fingerprint density at radius 3 is 2.90 bits per heavy atom. The van der Waals surface area contributed by atoms with Crippen LogP contribution >= 0.6 is 0 Å². The molecule has 0 aliphatic carbocycles. The van der Waals surface area contributed by atoms with Gasteiger partial charge in [-0.3, -0.25) is 4.79 Å². The molecule has 1 aromatic rings. The smallest absolute Gasteiger partial charge is 0.227 e. The molecule has 4 heteroatoms. The first-order valence-electron chi connectivity index (χ1n) is 7.33. The molecule has 0 bridgehead atoms. The van der Waals surface area contributed by atoms with Gasteiger partial charge in [0.1, 0.15) is 0 Å². The zero-order valence-electron chi connectivity index (χ0n) is 12.6. The van der Waals surface area contributed by atoms with Crippen molar-refractivity contribution in [2.45, 2.75) is 44.7 Å². The monoisotopic (exact) mass is 275 g/mol. The summed E-state index contributed by atoms with van der Waals surface area (Å²) in [6.45, 7) is 5.18. The van der Waals surface area contributed by atoms with Crippen molar-refractivity contribution in [3.05, 3.63) is 29.8 Å². The number of piperidine rings is 1. The largest absolute Gasteiger partial charge is 0.399 e. The predicted molar refractivity (Wildman–Crippen MR) is 82.5 cm³/mol. The third kappa shape index (κ3) is 3.51. The molecule has 1 amide bonds. The summed E-state index contributed by atoms with van der Waals surface area (Å²) in [6.07, 6.45) is 2.04. The minimum absolute atomic E-state index is 0.0948. The fourth-order valence-electron chi connectivity index (χ4n) is 2.73. The van der Waals surface area contributed by atoms with Gasteiger partial charge in [-0.1, -0.05) is 12.1 Å². The number of benzene rings is 1. The van der Waals surface area contributed by atoms with Gasteiger partial charge in [-0.15, -0.1) is 0 Å². The number of amides is 1. The van der Waals surface area contributed by atoms with Crippen molar-refractivity contribution in [1.82, 2.24) is 10.2 Å². The van der Waals surface area contributed by atoms with Crippen molar-refractivity contribution in [1.29, 1.82) is 0 Å². The van der Waals surface area contributed by atoms with Crippen LogP contribution in [0.5, 0.6) is 0 Å². The van der Waals surface area contributed by atoms with Gasteiger partial charge < -0.3 is 16.0 Å². The molecule has 0 spiro atoms. The van der Waals surface area contributed by atoms with E-state index in [9.17, 15) is 4.79 Å². The molecular weight excluding hydrogens is 250 g/mol. The molecule has 1 saturated heterocycles. The Bertz CT molecular complexity index is 475. The van der Waals surface area contributed by atoms with Gasteiger partial charge in [0.2, 0.25) is 5.91 Å². The second kappa shape index (κ2) is 6.27. The van der Waals surface area contributed by atoms with Gasteiger partial charge in [-0.2, -0.15) is 0 Å². The first-order chi connectivity index (χ1) is 9.47. The summed E-state index contributed by atoms with van der Waals surface area (Å²) < 4.78 is 0. The van der Waals surface area contributed by atoms with E-state index in [2.05, 4.69) is 24.2 Å². The molecule has 20 heavy (non-hydrogen) atoms. The number of rotatable bonds is 3. The average Bonchev–Trinajstić information content (AvgIpc) is 2.42. The van der Waals surface area contributed by atoms with Crippen LogP contribution in [-0.4, -0.2) is 36.5 Å². The SMILES string of the molecule is CC(C(=O)NC1CCN(C)C(C)C1)c1cccc(N)c1. The summed E-state index contributed by atoms with van der Waals surface area (Å²) in [4.78, 5) is 14.7. The molecule has 1 aliphatic rings. The van der Waals surface area contributed by atoms with Crippen molar-refractivity contribution in [3.8, 4) is 0 Å². The van der Waals surface area contributed by atoms with Crippen molar-refractivity contribution < 1.29 is 4.79 Å². The number of likely N-dealkylation sites (tertiary alicyclic amines) is 1. The van der Waals surface area contributed by atoms with Gasteiger partial charge in [-0.25, -0.2) is 0 Å². The van der Waals surface area contributed by atoms with E-state index in [1.807, 2.05) is 31.2 Å². The molecule has 0 saturated carbocycles. The highest BCUT2D eigenvalue weighted by atomic mass is 16.1. The predicted octanol–water partition coefficient (Wildman–Crippen LogP) is 1.97. The van der Waals surface area contributed by atoms with Crippen LogP contribution in [0.15, 0.2) is 24.3 Å². The molecular formula is C16H25N3O. The Balaban J connectivity index is 1.94. The van der Waals surface area contributed by atoms with E-state index in [-0.39, 0.29) is 17.9 Å². The lowest BCUT2D eigenvalue weighted by Crippen LogP contribution is -2.48. The Morgan fingerprint density at radius 1 is 1.50 bits per heavy atom. The molecule has 2 rings (SSSR count). The van der Waals surface area contributed by atoms with Crippen LogP contribution in [0.3, 0.4) is 0 Å². The van der Waals surface area contributed by atoms with Gasteiger partial charge in [0.15, 0.2) is 0 Å². The maximum absolute atomic E-state index is 12.3. The molecule has 1 aromatic carbocycles. The number of nitrogens with zero attached hydrogens (tertiary/aromatic N) is 1. The standard InChI is InChI=1S/C16H25N3O/c1-11-9-15(7-8-19(11)3)18-16(20)12(2)13-5-4-6-14(17)10-13/h4-6,10-12,15H,7-9,17H2,1-3H3,(H,18,20). The van der Waals surface area contributed by atoms with E-state index in [1.165, 1.54) is 0 Å². The van der Waals surface area contributed by atoms with Gasteiger partial charge in [-0.05, 0) is 51.4 Å². The number of nitrogen functional groups attached to an aromatic ring is 1. The quantitative estimate of drug-likeness (QED) is 0.829. The third-order valence-corrected chi connectivity index (χ3v) is 4.36. The van der Waals surface area contributed by atoms with Crippen LogP contribution in [0, 0.1) is 0 Å². The normalized spacial score (nSPS) is 25.1. The van der Waals surface area contributed by atoms with E-state index in [0.717, 1.165) is 24.9 Å². The molecule has 3 N–H and O–H groups in total. The zero-order valence-corrected chi connectivity index (χ0v) is 12.6. The van der Waals surface area contributed by atoms with Crippen LogP contribution in [0.25, 0.3) is 0 Å². The summed E-state index contributed by atoms with van der Waals surface area (Å²) >= 11 is 0. The molecule has 3 atom stereocenters. The van der Waals surface area contributed by atoms with Crippen molar-refractivity contribution in [2.24, 2.45) is 0 Å². The fourth-order valence-corrected chi connectivity index (χ4v) is 2.73. The first kappa shape index (κ1) is 14.9. The molecule has 1 aliphatic heterocycles. The van der Waals surface area contributed by atoms with Crippen LogP contribution in [0.2, 0.25) is 0 Å². The van der Waals surface area contributed by atoms with Crippen LogP contribution in [0.1, 0.15) is 38.2 Å². The van der Waals surface area contributed by atoms with Gasteiger partial charge in [0, 0.05) is 24.3 Å². The van der Waals surface area contributed by atoms with Crippen molar-refractivity contribution >= 4 is 11.6 Å². The number of nitrogens with one attached hydrogen (secondary N) is 1. The highest BCUT2D eigenvalue weighted by Gasteiger charge is 2.25. The molecule has 1 fully saturated rings. The number of carbonyl (C=O) groups is 1. The maximum atomic E-state index is 12.3. The summed E-state index contributed by atoms with van der Waals surface area (Å²) in [7, 11) is 2.14. The second-order valence-electron chi connectivity index (χ2n) is 5.95. The summed E-state index contributed by atoms with van der Waals surface area (Å²) in [5, 5.41) is 3.18. The number of hydrogen-bond acceptors (Lipinski definition) is 3. The summed E-state index contributed by atoms with van der Waals surface area (Å²) in [6, 6.07) is 8.38. The maximum Gasteiger partial charge on any atom is 0.227 e. The third-order valence-electron chi connectivity index (χ3n) is 4.36. The van der Waals surface area contributed by atoms with Crippen LogP contribution < -0.4 is 11.1 Å². The molecule has 110 valence electrons. The highest BCUT2D eigenvalue weighted by molar-refractivity contribution is 5.83. The molecule has 0 radical (unpaired) electrons. The Hall–Kier alpha value is -1.55. The Morgan fingerprint density at radius 2 is 2.25 bits per heavy atom. The summed E-state index contributed by atoms with van der Waals surface area (Å²) in [5.41, 5.74) is 7.46. The number of anilines is 1. The molecule has 3 unspecified atom stereocenters. The minimum atomic E-state index is -0.159. The van der Waals surface area contributed by atoms with Gasteiger partial charge in [0.25, 0.3) is 0 Å².